The lowest BCUT2D eigenvalue weighted by atomic mass is 9.89. The van der Waals surface area contributed by atoms with E-state index in [9.17, 15) is 9.59 Å². The van der Waals surface area contributed by atoms with Gasteiger partial charge in [-0.15, -0.1) is 0 Å². The summed E-state index contributed by atoms with van der Waals surface area (Å²) >= 11 is 0. The van der Waals surface area contributed by atoms with E-state index in [-0.39, 0.29) is 11.8 Å². The van der Waals surface area contributed by atoms with Crippen molar-refractivity contribution in [3.63, 3.8) is 0 Å². The molecule has 4 heteroatoms. The maximum absolute atomic E-state index is 11.5. The summed E-state index contributed by atoms with van der Waals surface area (Å²) in [7, 11) is 3.21. The van der Waals surface area contributed by atoms with E-state index in [2.05, 4.69) is 0 Å². The third kappa shape index (κ3) is 6.04. The Morgan fingerprint density at radius 3 is 1.90 bits per heavy atom. The maximum atomic E-state index is 11.5. The number of amides is 1. The highest BCUT2D eigenvalue weighted by Gasteiger charge is 2.23. The molecule has 2 aliphatic carbocycles. The van der Waals surface area contributed by atoms with E-state index in [0.717, 1.165) is 32.0 Å². The molecular weight excluding hydrogens is 254 g/mol. The third-order valence-corrected chi connectivity index (χ3v) is 4.38. The van der Waals surface area contributed by atoms with Crippen molar-refractivity contribution in [1.82, 2.24) is 5.06 Å². The minimum absolute atomic E-state index is 0.136. The number of rotatable bonds is 3. The summed E-state index contributed by atoms with van der Waals surface area (Å²) < 4.78 is 0. The van der Waals surface area contributed by atoms with Gasteiger partial charge in [-0.2, -0.15) is 0 Å². The molecule has 0 aromatic rings. The standard InChI is InChI=1S/C9H17NO2.C7H12O/c1-10(12-2)9(11)8-6-4-3-5-7-8;8-6-7-4-2-1-3-5-7/h8H,3-7H2,1-2H3;6-7H,1-5H2. The zero-order chi connectivity index (χ0) is 14.8. The third-order valence-electron chi connectivity index (χ3n) is 4.38. The van der Waals surface area contributed by atoms with E-state index in [4.69, 9.17) is 4.84 Å². The molecular formula is C16H29NO3. The monoisotopic (exact) mass is 283 g/mol. The molecule has 20 heavy (non-hydrogen) atoms. The van der Waals surface area contributed by atoms with Crippen molar-refractivity contribution in [3.8, 4) is 0 Å². The minimum Gasteiger partial charge on any atom is -0.303 e. The SMILES string of the molecule is CON(C)C(=O)C1CCCCC1.O=CC1CCCCC1. The van der Waals surface area contributed by atoms with Crippen molar-refractivity contribution in [2.24, 2.45) is 11.8 Å². The first-order valence-corrected chi connectivity index (χ1v) is 7.96. The van der Waals surface area contributed by atoms with Crippen LogP contribution in [0.15, 0.2) is 0 Å². The van der Waals surface area contributed by atoms with E-state index >= 15 is 0 Å². The van der Waals surface area contributed by atoms with Crippen molar-refractivity contribution >= 4 is 12.2 Å². The van der Waals surface area contributed by atoms with Crippen LogP contribution in [-0.4, -0.2) is 31.4 Å². The Balaban J connectivity index is 0.000000217. The predicted molar refractivity (Wildman–Crippen MR) is 79.0 cm³/mol. The summed E-state index contributed by atoms with van der Waals surface area (Å²) in [6.07, 6.45) is 13.0. The van der Waals surface area contributed by atoms with Crippen molar-refractivity contribution in [1.29, 1.82) is 0 Å². The summed E-state index contributed by atoms with van der Waals surface area (Å²) in [6, 6.07) is 0. The first kappa shape index (κ1) is 17.2. The number of hydrogen-bond donors (Lipinski definition) is 0. The van der Waals surface area contributed by atoms with Crippen molar-refractivity contribution in [2.75, 3.05) is 14.2 Å². The second-order valence-electron chi connectivity index (χ2n) is 5.89. The minimum atomic E-state index is 0.136. The summed E-state index contributed by atoms with van der Waals surface area (Å²) in [5, 5.41) is 1.34. The highest BCUT2D eigenvalue weighted by molar-refractivity contribution is 5.77. The normalized spacial score (nSPS) is 20.7. The van der Waals surface area contributed by atoms with Gasteiger partial charge in [0.2, 0.25) is 5.91 Å². The second-order valence-corrected chi connectivity index (χ2v) is 5.89. The molecule has 0 N–H and O–H groups in total. The van der Waals surface area contributed by atoms with Crippen LogP contribution in [0, 0.1) is 11.8 Å². The van der Waals surface area contributed by atoms with Crippen LogP contribution >= 0.6 is 0 Å². The van der Waals surface area contributed by atoms with Crippen LogP contribution in [0.2, 0.25) is 0 Å². The second kappa shape index (κ2) is 9.92. The Morgan fingerprint density at radius 1 is 1.00 bits per heavy atom. The summed E-state index contributed by atoms with van der Waals surface area (Å²) in [6.45, 7) is 0. The molecule has 2 fully saturated rings. The Morgan fingerprint density at radius 2 is 1.50 bits per heavy atom. The molecule has 0 aromatic carbocycles. The lowest BCUT2D eigenvalue weighted by molar-refractivity contribution is -0.174. The van der Waals surface area contributed by atoms with Gasteiger partial charge in [0.05, 0.1) is 7.11 Å². The largest absolute Gasteiger partial charge is 0.303 e. The van der Waals surface area contributed by atoms with Gasteiger partial charge in [0, 0.05) is 18.9 Å². The molecule has 0 heterocycles. The van der Waals surface area contributed by atoms with Gasteiger partial charge in [0.15, 0.2) is 0 Å². The fraction of sp³-hybridized carbons (Fsp3) is 0.875. The molecule has 0 saturated heterocycles. The Kier molecular flexibility index (Phi) is 8.51. The van der Waals surface area contributed by atoms with Gasteiger partial charge in [-0.25, -0.2) is 5.06 Å². The highest BCUT2D eigenvalue weighted by Crippen LogP contribution is 2.25. The smallest absolute Gasteiger partial charge is 0.248 e. The Hall–Kier alpha value is -0.900. The topological polar surface area (TPSA) is 46.6 Å². The lowest BCUT2D eigenvalue weighted by Gasteiger charge is -2.24. The summed E-state index contributed by atoms with van der Waals surface area (Å²) in [5.74, 6) is 0.754. The van der Waals surface area contributed by atoms with E-state index in [0.29, 0.717) is 5.92 Å². The molecule has 0 aliphatic heterocycles. The first-order chi connectivity index (χ1) is 9.69. The molecule has 0 bridgehead atoms. The zero-order valence-corrected chi connectivity index (χ0v) is 13.0. The number of hydrogen-bond acceptors (Lipinski definition) is 3. The van der Waals surface area contributed by atoms with Crippen molar-refractivity contribution in [3.05, 3.63) is 0 Å². The van der Waals surface area contributed by atoms with Crippen LogP contribution in [-0.2, 0) is 14.4 Å². The molecule has 0 spiro atoms. The van der Waals surface area contributed by atoms with Crippen LogP contribution < -0.4 is 0 Å². The molecule has 2 rings (SSSR count). The molecule has 2 aliphatic rings. The van der Waals surface area contributed by atoms with Crippen molar-refractivity contribution in [2.45, 2.75) is 64.2 Å². The highest BCUT2D eigenvalue weighted by atomic mass is 16.7. The number of carbonyl (C=O) groups excluding carboxylic acids is 2. The average Bonchev–Trinajstić information content (AvgIpc) is 2.55. The zero-order valence-electron chi connectivity index (χ0n) is 13.0. The summed E-state index contributed by atoms with van der Waals surface area (Å²) in [5.41, 5.74) is 0. The van der Waals surface area contributed by atoms with Crippen LogP contribution in [0.5, 0.6) is 0 Å². The molecule has 0 unspecified atom stereocenters. The maximum Gasteiger partial charge on any atom is 0.248 e. The Labute approximate surface area is 122 Å². The van der Waals surface area contributed by atoms with Gasteiger partial charge < -0.3 is 4.79 Å². The molecule has 0 atom stereocenters. The lowest BCUT2D eigenvalue weighted by Crippen LogP contribution is -2.33. The average molecular weight is 283 g/mol. The molecule has 4 nitrogen and oxygen atoms in total. The van der Waals surface area contributed by atoms with Crippen LogP contribution in [0.1, 0.15) is 64.2 Å². The number of hydroxylamine groups is 2. The number of carbonyl (C=O) groups is 2. The van der Waals surface area contributed by atoms with E-state index < -0.39 is 0 Å². The van der Waals surface area contributed by atoms with Gasteiger partial charge in [-0.3, -0.25) is 9.63 Å². The fourth-order valence-corrected chi connectivity index (χ4v) is 2.97. The number of nitrogens with zero attached hydrogens (tertiary/aromatic N) is 1. The molecule has 0 radical (unpaired) electrons. The van der Waals surface area contributed by atoms with Gasteiger partial charge in [0.1, 0.15) is 6.29 Å². The van der Waals surface area contributed by atoms with Gasteiger partial charge in [-0.1, -0.05) is 38.5 Å². The van der Waals surface area contributed by atoms with Gasteiger partial charge >= 0.3 is 0 Å². The van der Waals surface area contributed by atoms with Gasteiger partial charge in [-0.05, 0) is 25.7 Å². The van der Waals surface area contributed by atoms with Crippen LogP contribution in [0.25, 0.3) is 0 Å². The molecule has 116 valence electrons. The molecule has 1 amide bonds. The number of aldehydes is 1. The molecule has 2 saturated carbocycles. The predicted octanol–water partition coefficient (Wildman–Crippen LogP) is 3.35. The quantitative estimate of drug-likeness (QED) is 0.589. The fourth-order valence-electron chi connectivity index (χ4n) is 2.97. The first-order valence-electron chi connectivity index (χ1n) is 7.96. The van der Waals surface area contributed by atoms with Crippen LogP contribution in [0.4, 0.5) is 0 Å². The van der Waals surface area contributed by atoms with Gasteiger partial charge in [0.25, 0.3) is 0 Å². The van der Waals surface area contributed by atoms with E-state index in [1.807, 2.05) is 0 Å². The van der Waals surface area contributed by atoms with Crippen LogP contribution in [0.3, 0.4) is 0 Å². The molecule has 0 aromatic heterocycles. The Bertz CT molecular complexity index is 281. The van der Waals surface area contributed by atoms with Crippen molar-refractivity contribution < 1.29 is 14.4 Å². The van der Waals surface area contributed by atoms with E-state index in [1.54, 1.807) is 7.05 Å². The summed E-state index contributed by atoms with van der Waals surface area (Å²) in [4.78, 5) is 26.5. The van der Waals surface area contributed by atoms with E-state index in [1.165, 1.54) is 50.7 Å².